The number of hydrogen-bond acceptors (Lipinski definition) is 3. The number of hydrogen-bond donors (Lipinski definition) is 1. The normalized spacial score (nSPS) is 21.1. The van der Waals surface area contributed by atoms with Crippen molar-refractivity contribution in [3.63, 3.8) is 0 Å². The smallest absolute Gasteiger partial charge is 0.144 e. The lowest BCUT2D eigenvalue weighted by molar-refractivity contribution is 0.200. The van der Waals surface area contributed by atoms with Crippen LogP contribution in [0.25, 0.3) is 0 Å². The number of rotatable bonds is 6. The maximum atomic E-state index is 13.2. The molecule has 2 fully saturated rings. The summed E-state index contributed by atoms with van der Waals surface area (Å²) >= 11 is 0. The third kappa shape index (κ3) is 2.78. The maximum absolute atomic E-state index is 13.2. The molecule has 1 aromatic rings. The summed E-state index contributed by atoms with van der Waals surface area (Å²) in [5, 5.41) is 13.0. The third-order valence-corrected chi connectivity index (χ3v) is 4.11. The Morgan fingerprint density at radius 2 is 2.15 bits per heavy atom. The van der Waals surface area contributed by atoms with E-state index in [1.54, 1.807) is 19.1 Å². The molecular formula is C16H19FN2O. The van der Waals surface area contributed by atoms with Crippen LogP contribution in [0.5, 0.6) is 5.75 Å². The minimum absolute atomic E-state index is 0.234. The topological polar surface area (TPSA) is 45.0 Å². The van der Waals surface area contributed by atoms with Gasteiger partial charge in [0, 0.05) is 6.04 Å². The quantitative estimate of drug-likeness (QED) is 0.867. The first-order valence-corrected chi connectivity index (χ1v) is 7.21. The van der Waals surface area contributed by atoms with Crippen molar-refractivity contribution >= 4 is 0 Å². The fourth-order valence-corrected chi connectivity index (χ4v) is 2.51. The minimum Gasteiger partial charge on any atom is -0.491 e. The molecule has 3 nitrogen and oxygen atoms in total. The molecule has 0 saturated heterocycles. The largest absolute Gasteiger partial charge is 0.491 e. The summed E-state index contributed by atoms with van der Waals surface area (Å²) in [6.45, 7) is 2.04. The molecule has 106 valence electrons. The van der Waals surface area contributed by atoms with Gasteiger partial charge in [0.15, 0.2) is 0 Å². The summed E-state index contributed by atoms with van der Waals surface area (Å²) in [7, 11) is 0. The molecule has 1 N–H and O–H groups in total. The van der Waals surface area contributed by atoms with E-state index in [-0.39, 0.29) is 5.82 Å². The van der Waals surface area contributed by atoms with Crippen LogP contribution in [0.15, 0.2) is 18.2 Å². The van der Waals surface area contributed by atoms with Crippen LogP contribution in [0.3, 0.4) is 0 Å². The van der Waals surface area contributed by atoms with E-state index in [9.17, 15) is 9.65 Å². The minimum atomic E-state index is -0.580. The first-order chi connectivity index (χ1) is 9.63. The van der Waals surface area contributed by atoms with Crippen molar-refractivity contribution in [1.82, 2.24) is 5.32 Å². The standard InChI is InChI=1S/C16H19FN2O/c1-11-8-14(6-7-15(11)17)20-10-16(9-18,12-2-3-12)19-13-4-5-13/h6-8,12-13,19H,2-5,10H2,1H3. The van der Waals surface area contributed by atoms with E-state index in [2.05, 4.69) is 11.4 Å². The fraction of sp³-hybridized carbons (Fsp3) is 0.562. The Labute approximate surface area is 118 Å². The van der Waals surface area contributed by atoms with Crippen molar-refractivity contribution in [2.75, 3.05) is 6.61 Å². The first-order valence-electron chi connectivity index (χ1n) is 7.21. The number of nitriles is 1. The van der Waals surface area contributed by atoms with Crippen LogP contribution in [-0.2, 0) is 0 Å². The maximum Gasteiger partial charge on any atom is 0.144 e. The summed E-state index contributed by atoms with van der Waals surface area (Å²) in [6, 6.07) is 7.61. The Morgan fingerprint density at radius 3 is 2.70 bits per heavy atom. The number of benzene rings is 1. The third-order valence-electron chi connectivity index (χ3n) is 4.11. The molecule has 20 heavy (non-hydrogen) atoms. The number of halogens is 1. The van der Waals surface area contributed by atoms with Gasteiger partial charge in [-0.1, -0.05) is 0 Å². The van der Waals surface area contributed by atoms with Crippen molar-refractivity contribution < 1.29 is 9.13 Å². The highest BCUT2D eigenvalue weighted by Crippen LogP contribution is 2.41. The molecule has 1 unspecified atom stereocenters. The van der Waals surface area contributed by atoms with Gasteiger partial charge in [0.05, 0.1) is 6.07 Å². The van der Waals surface area contributed by atoms with Crippen LogP contribution in [0.1, 0.15) is 31.2 Å². The highest BCUT2D eigenvalue weighted by molar-refractivity contribution is 5.29. The zero-order valence-electron chi connectivity index (χ0n) is 11.7. The number of nitrogens with one attached hydrogen (secondary N) is 1. The Balaban J connectivity index is 1.69. The molecule has 1 aromatic carbocycles. The lowest BCUT2D eigenvalue weighted by atomic mass is 9.96. The molecule has 2 aliphatic rings. The lowest BCUT2D eigenvalue weighted by Crippen LogP contribution is -2.52. The van der Waals surface area contributed by atoms with Gasteiger partial charge < -0.3 is 4.74 Å². The second-order valence-electron chi connectivity index (χ2n) is 5.98. The molecule has 0 spiro atoms. The number of nitrogens with zero attached hydrogens (tertiary/aromatic N) is 1. The molecule has 2 aliphatic carbocycles. The lowest BCUT2D eigenvalue weighted by Gasteiger charge is -2.28. The van der Waals surface area contributed by atoms with E-state index in [1.807, 2.05) is 0 Å². The summed E-state index contributed by atoms with van der Waals surface area (Å²) in [6.07, 6.45) is 4.45. The van der Waals surface area contributed by atoms with Crippen LogP contribution in [0, 0.1) is 30.0 Å². The molecule has 3 rings (SSSR count). The zero-order valence-corrected chi connectivity index (χ0v) is 11.7. The predicted molar refractivity (Wildman–Crippen MR) is 73.9 cm³/mol. The average Bonchev–Trinajstić information content (AvgIpc) is 3.31. The van der Waals surface area contributed by atoms with Crippen molar-refractivity contribution in [3.05, 3.63) is 29.6 Å². The Morgan fingerprint density at radius 1 is 1.40 bits per heavy atom. The van der Waals surface area contributed by atoms with Crippen molar-refractivity contribution in [3.8, 4) is 11.8 Å². The van der Waals surface area contributed by atoms with Gasteiger partial charge in [-0.25, -0.2) is 4.39 Å². The second-order valence-corrected chi connectivity index (χ2v) is 5.98. The average molecular weight is 274 g/mol. The molecule has 0 heterocycles. The Kier molecular flexibility index (Phi) is 3.39. The highest BCUT2D eigenvalue weighted by atomic mass is 19.1. The SMILES string of the molecule is Cc1cc(OCC(C#N)(NC2CC2)C2CC2)ccc1F. The van der Waals surface area contributed by atoms with Gasteiger partial charge in [-0.2, -0.15) is 5.26 Å². The summed E-state index contributed by atoms with van der Waals surface area (Å²) in [5.74, 6) is 0.776. The number of aryl methyl sites for hydroxylation is 1. The van der Waals surface area contributed by atoms with Crippen LogP contribution in [0.2, 0.25) is 0 Å². The molecular weight excluding hydrogens is 255 g/mol. The molecule has 0 aliphatic heterocycles. The van der Waals surface area contributed by atoms with Crippen molar-refractivity contribution in [1.29, 1.82) is 5.26 Å². The number of ether oxygens (including phenoxy) is 1. The van der Waals surface area contributed by atoms with E-state index in [0.29, 0.717) is 29.9 Å². The van der Waals surface area contributed by atoms with E-state index in [1.165, 1.54) is 6.07 Å². The second kappa shape index (κ2) is 5.06. The van der Waals surface area contributed by atoms with E-state index in [4.69, 9.17) is 4.74 Å². The monoisotopic (exact) mass is 274 g/mol. The zero-order chi connectivity index (χ0) is 14.2. The summed E-state index contributed by atoms with van der Waals surface area (Å²) in [5.41, 5.74) is -0.0182. The van der Waals surface area contributed by atoms with Crippen LogP contribution < -0.4 is 10.1 Å². The van der Waals surface area contributed by atoms with Gasteiger partial charge >= 0.3 is 0 Å². The first kappa shape index (κ1) is 13.4. The van der Waals surface area contributed by atoms with Crippen LogP contribution in [0.4, 0.5) is 4.39 Å². The van der Waals surface area contributed by atoms with E-state index in [0.717, 1.165) is 25.7 Å². The van der Waals surface area contributed by atoms with Gasteiger partial charge in [0.2, 0.25) is 0 Å². The highest BCUT2D eigenvalue weighted by Gasteiger charge is 2.49. The van der Waals surface area contributed by atoms with Gasteiger partial charge in [0.1, 0.15) is 23.7 Å². The van der Waals surface area contributed by atoms with E-state index >= 15 is 0 Å². The van der Waals surface area contributed by atoms with Crippen molar-refractivity contribution in [2.24, 2.45) is 5.92 Å². The molecule has 4 heteroatoms. The predicted octanol–water partition coefficient (Wildman–Crippen LogP) is 2.94. The van der Waals surface area contributed by atoms with Crippen LogP contribution in [-0.4, -0.2) is 18.2 Å². The van der Waals surface area contributed by atoms with Gasteiger partial charge in [0.25, 0.3) is 0 Å². The molecule has 2 saturated carbocycles. The van der Waals surface area contributed by atoms with Crippen molar-refractivity contribution in [2.45, 2.75) is 44.2 Å². The van der Waals surface area contributed by atoms with Gasteiger partial charge in [-0.15, -0.1) is 0 Å². The van der Waals surface area contributed by atoms with E-state index < -0.39 is 5.54 Å². The van der Waals surface area contributed by atoms with Crippen LogP contribution >= 0.6 is 0 Å². The molecule has 0 aromatic heterocycles. The molecule has 1 atom stereocenters. The Hall–Kier alpha value is -1.60. The fourth-order valence-electron chi connectivity index (χ4n) is 2.51. The summed E-state index contributed by atoms with van der Waals surface area (Å²) in [4.78, 5) is 0. The van der Waals surface area contributed by atoms with Gasteiger partial charge in [-0.3, -0.25) is 5.32 Å². The molecule has 0 amide bonds. The summed E-state index contributed by atoms with van der Waals surface area (Å²) < 4.78 is 19.0. The molecule has 0 bridgehead atoms. The Bertz CT molecular complexity index is 546. The molecule has 0 radical (unpaired) electrons. The van der Waals surface area contributed by atoms with Gasteiger partial charge in [-0.05, 0) is 62.3 Å².